The number of benzene rings is 3. The second kappa shape index (κ2) is 10.5. The Bertz CT molecular complexity index is 1450. The van der Waals surface area contributed by atoms with E-state index in [9.17, 15) is 14.0 Å². The van der Waals surface area contributed by atoms with E-state index in [1.54, 1.807) is 42.7 Å². The summed E-state index contributed by atoms with van der Waals surface area (Å²) < 4.78 is 25.3. The third-order valence-corrected chi connectivity index (χ3v) is 5.73. The molecule has 6 nitrogen and oxygen atoms in total. The number of rotatable bonds is 7. The largest absolute Gasteiger partial charge is 0.493 e. The Morgan fingerprint density at radius 2 is 1.64 bits per heavy atom. The molecule has 2 amide bonds. The Morgan fingerprint density at radius 1 is 1.00 bits per heavy atom. The van der Waals surface area contributed by atoms with Crippen molar-refractivity contribution in [1.29, 1.82) is 0 Å². The lowest BCUT2D eigenvalue weighted by atomic mass is 9.96. The number of nitrogens with one attached hydrogen (secondary N) is 2. The normalized spacial score (nSPS) is 11.4. The molecular weight excluding hydrogens is 459 g/mol. The number of anilines is 2. The van der Waals surface area contributed by atoms with Crippen LogP contribution >= 0.6 is 0 Å². The quantitative estimate of drug-likeness (QED) is 0.277. The number of furan rings is 1. The van der Waals surface area contributed by atoms with E-state index >= 15 is 0 Å². The molecular formula is C29H27FN2O4. The molecule has 3 aromatic carbocycles. The van der Waals surface area contributed by atoms with E-state index < -0.39 is 0 Å². The van der Waals surface area contributed by atoms with Crippen molar-refractivity contribution in [1.82, 2.24) is 0 Å². The second-order valence-electron chi connectivity index (χ2n) is 8.42. The highest BCUT2D eigenvalue weighted by Gasteiger charge is 2.19. The van der Waals surface area contributed by atoms with Gasteiger partial charge in [-0.1, -0.05) is 12.1 Å². The molecule has 184 valence electrons. The summed E-state index contributed by atoms with van der Waals surface area (Å²) in [6.07, 6.45) is 3.17. The van der Waals surface area contributed by atoms with Crippen LogP contribution < -0.4 is 15.4 Å². The number of hydrogen-bond acceptors (Lipinski definition) is 4. The standard InChI is InChI=1S/C29H27FN2O4/c1-5-35-28-18(3)29-25(26(16-36-29)20-6-8-21(30)9-7-20)15-24(28)17(2)14-27(34)32-23-12-10-22(11-13-23)31-19(4)33/h6-16H,5H2,1-4H3,(H,31,33)(H,32,34)/b17-14+. The number of halogens is 1. The topological polar surface area (TPSA) is 80.6 Å². The average Bonchev–Trinajstić information content (AvgIpc) is 3.26. The van der Waals surface area contributed by atoms with Gasteiger partial charge in [0.15, 0.2) is 0 Å². The third kappa shape index (κ3) is 5.30. The monoisotopic (exact) mass is 486 g/mol. The number of carbonyl (C=O) groups is 2. The lowest BCUT2D eigenvalue weighted by Gasteiger charge is -2.15. The molecule has 0 aliphatic heterocycles. The van der Waals surface area contributed by atoms with Gasteiger partial charge < -0.3 is 19.8 Å². The molecule has 36 heavy (non-hydrogen) atoms. The molecule has 4 rings (SSSR count). The van der Waals surface area contributed by atoms with Gasteiger partial charge in [-0.25, -0.2) is 4.39 Å². The summed E-state index contributed by atoms with van der Waals surface area (Å²) >= 11 is 0. The molecule has 2 N–H and O–H groups in total. The summed E-state index contributed by atoms with van der Waals surface area (Å²) in [6.45, 7) is 7.55. The van der Waals surface area contributed by atoms with Gasteiger partial charge in [-0.2, -0.15) is 0 Å². The minimum Gasteiger partial charge on any atom is -0.493 e. The molecule has 7 heteroatoms. The summed E-state index contributed by atoms with van der Waals surface area (Å²) in [5.74, 6) is -0.128. The first-order valence-electron chi connectivity index (χ1n) is 11.6. The van der Waals surface area contributed by atoms with Crippen LogP contribution in [-0.2, 0) is 9.59 Å². The van der Waals surface area contributed by atoms with Gasteiger partial charge in [-0.3, -0.25) is 9.59 Å². The number of ether oxygens (including phenoxy) is 1. The Kier molecular flexibility index (Phi) is 7.20. The SMILES string of the molecule is CCOc1c(/C(C)=C/C(=O)Nc2ccc(NC(C)=O)cc2)cc2c(-c3ccc(F)cc3)coc2c1C. The molecule has 0 atom stereocenters. The van der Waals surface area contributed by atoms with Gasteiger partial charge in [-0.05, 0) is 74.4 Å². The van der Waals surface area contributed by atoms with Crippen molar-refractivity contribution in [2.45, 2.75) is 27.7 Å². The van der Waals surface area contributed by atoms with E-state index in [-0.39, 0.29) is 17.6 Å². The number of aryl methyl sites for hydroxylation is 1. The van der Waals surface area contributed by atoms with Crippen LogP contribution in [-0.4, -0.2) is 18.4 Å². The first-order valence-corrected chi connectivity index (χ1v) is 11.6. The third-order valence-electron chi connectivity index (χ3n) is 5.73. The average molecular weight is 487 g/mol. The predicted octanol–water partition coefficient (Wildman–Crippen LogP) is 6.95. The summed E-state index contributed by atoms with van der Waals surface area (Å²) in [6, 6.07) is 15.0. The van der Waals surface area contributed by atoms with Crippen LogP contribution in [0.15, 0.2) is 71.4 Å². The molecule has 4 aromatic rings. The van der Waals surface area contributed by atoms with Crippen molar-refractivity contribution in [3.8, 4) is 16.9 Å². The maximum absolute atomic E-state index is 13.5. The fourth-order valence-corrected chi connectivity index (χ4v) is 4.08. The zero-order valence-electron chi connectivity index (χ0n) is 20.6. The lowest BCUT2D eigenvalue weighted by Crippen LogP contribution is -2.09. The molecule has 1 aromatic heterocycles. The minimum atomic E-state index is -0.309. The molecule has 1 heterocycles. The maximum atomic E-state index is 13.5. The number of carbonyl (C=O) groups excluding carboxylic acids is 2. The van der Waals surface area contributed by atoms with Crippen LogP contribution in [0.5, 0.6) is 5.75 Å². The Morgan fingerprint density at radius 3 is 2.25 bits per heavy atom. The van der Waals surface area contributed by atoms with Crippen molar-refractivity contribution in [2.24, 2.45) is 0 Å². The highest BCUT2D eigenvalue weighted by atomic mass is 19.1. The second-order valence-corrected chi connectivity index (χ2v) is 8.42. The molecule has 0 fully saturated rings. The molecule has 0 bridgehead atoms. The molecule has 0 aliphatic carbocycles. The van der Waals surface area contributed by atoms with Crippen molar-refractivity contribution in [2.75, 3.05) is 17.2 Å². The molecule has 0 saturated carbocycles. The predicted molar refractivity (Wildman–Crippen MR) is 141 cm³/mol. The summed E-state index contributed by atoms with van der Waals surface area (Å²) in [5.41, 5.74) is 5.88. The lowest BCUT2D eigenvalue weighted by molar-refractivity contribution is -0.114. The van der Waals surface area contributed by atoms with Crippen molar-refractivity contribution in [3.05, 3.63) is 83.9 Å². The van der Waals surface area contributed by atoms with Gasteiger partial charge in [0.1, 0.15) is 17.1 Å². The van der Waals surface area contributed by atoms with Crippen molar-refractivity contribution in [3.63, 3.8) is 0 Å². The summed E-state index contributed by atoms with van der Waals surface area (Å²) in [7, 11) is 0. The number of hydrogen-bond donors (Lipinski definition) is 2. The van der Waals surface area contributed by atoms with E-state index in [2.05, 4.69) is 10.6 Å². The van der Waals surface area contributed by atoms with Gasteiger partial charge >= 0.3 is 0 Å². The Balaban J connectivity index is 1.68. The summed E-state index contributed by atoms with van der Waals surface area (Å²) in [4.78, 5) is 24.0. The number of fused-ring (bicyclic) bond motifs is 1. The van der Waals surface area contributed by atoms with Crippen LogP contribution in [0.2, 0.25) is 0 Å². The fourth-order valence-electron chi connectivity index (χ4n) is 4.08. The van der Waals surface area contributed by atoms with Crippen molar-refractivity contribution >= 4 is 39.7 Å². The van der Waals surface area contributed by atoms with Crippen LogP contribution in [0.3, 0.4) is 0 Å². The highest BCUT2D eigenvalue weighted by molar-refractivity contribution is 6.06. The van der Waals surface area contributed by atoms with Gasteiger partial charge in [0.25, 0.3) is 0 Å². The number of allylic oxidation sites excluding steroid dienone is 1. The van der Waals surface area contributed by atoms with Crippen LogP contribution in [0, 0.1) is 12.7 Å². The first kappa shape index (κ1) is 24.7. The summed E-state index contributed by atoms with van der Waals surface area (Å²) in [5, 5.41) is 6.38. The first-order chi connectivity index (χ1) is 17.3. The molecule has 0 saturated heterocycles. The van der Waals surface area contributed by atoms with E-state index in [1.807, 2.05) is 26.8 Å². The molecule has 0 spiro atoms. The van der Waals surface area contributed by atoms with E-state index in [4.69, 9.17) is 9.15 Å². The molecule has 0 radical (unpaired) electrons. The molecule has 0 unspecified atom stereocenters. The smallest absolute Gasteiger partial charge is 0.248 e. The zero-order chi connectivity index (χ0) is 25.8. The fraction of sp³-hybridized carbons (Fsp3) is 0.172. The van der Waals surface area contributed by atoms with Gasteiger partial charge in [0.05, 0.1) is 12.9 Å². The minimum absolute atomic E-state index is 0.164. The van der Waals surface area contributed by atoms with Gasteiger partial charge in [0, 0.05) is 46.5 Å². The number of amides is 2. The zero-order valence-corrected chi connectivity index (χ0v) is 20.6. The Labute approximate surface area is 208 Å². The van der Waals surface area contributed by atoms with Gasteiger partial charge in [-0.15, -0.1) is 0 Å². The molecule has 0 aliphatic rings. The van der Waals surface area contributed by atoms with Crippen LogP contribution in [0.25, 0.3) is 27.7 Å². The van der Waals surface area contributed by atoms with E-state index in [1.165, 1.54) is 25.1 Å². The maximum Gasteiger partial charge on any atom is 0.248 e. The van der Waals surface area contributed by atoms with Gasteiger partial charge in [0.2, 0.25) is 11.8 Å². The van der Waals surface area contributed by atoms with E-state index in [0.29, 0.717) is 34.9 Å². The Hall–Kier alpha value is -4.39. The van der Waals surface area contributed by atoms with E-state index in [0.717, 1.165) is 27.6 Å². The van der Waals surface area contributed by atoms with Crippen molar-refractivity contribution < 1.29 is 23.1 Å². The van der Waals surface area contributed by atoms with Crippen LogP contribution in [0.4, 0.5) is 15.8 Å². The van der Waals surface area contributed by atoms with Crippen LogP contribution in [0.1, 0.15) is 31.9 Å². The highest BCUT2D eigenvalue weighted by Crippen LogP contribution is 2.40.